The van der Waals surface area contributed by atoms with Crippen LogP contribution in [0.15, 0.2) is 72.6 Å². The monoisotopic (exact) mass is 759 g/mol. The van der Waals surface area contributed by atoms with Crippen molar-refractivity contribution in [2.45, 2.75) is 62.4 Å². The van der Waals surface area contributed by atoms with Crippen molar-refractivity contribution in [3.63, 3.8) is 0 Å². The van der Waals surface area contributed by atoms with Crippen LogP contribution in [0.5, 0.6) is 5.75 Å². The molecule has 0 bridgehead atoms. The highest BCUT2D eigenvalue weighted by atomic mass is 35.5. The van der Waals surface area contributed by atoms with Gasteiger partial charge in [-0.25, -0.2) is 9.78 Å². The molecule has 272 valence electrons. The van der Waals surface area contributed by atoms with Gasteiger partial charge in [0, 0.05) is 22.7 Å². The van der Waals surface area contributed by atoms with Crippen LogP contribution in [0.2, 0.25) is 10.0 Å². The summed E-state index contributed by atoms with van der Waals surface area (Å²) in [7, 11) is 0. The van der Waals surface area contributed by atoms with Crippen molar-refractivity contribution in [2.24, 2.45) is 11.1 Å². The third-order valence-corrected chi connectivity index (χ3v) is 10.4. The van der Waals surface area contributed by atoms with Gasteiger partial charge in [0.25, 0.3) is 5.91 Å². The SMILES string of the molecule is C[C@@]1(Cc2ccc(OC(F)(F)F)cc2)C(=O)N(c2cc(Cl)cc(Cl)c2)C2N(C3CC3(C(N)=O)C(=O)NC3(c4cccc(N)n4)CC3)C=C(C(=O)O)N21. The number of amides is 3. The molecule has 3 fully saturated rings. The molecule has 52 heavy (non-hydrogen) atoms. The first-order valence-electron chi connectivity index (χ1n) is 15.9. The molecule has 18 heteroatoms. The molecule has 0 spiro atoms. The van der Waals surface area contributed by atoms with Crippen molar-refractivity contribution < 1.29 is 42.2 Å². The fraction of sp³-hybridized carbons (Fsp3) is 0.324. The lowest BCUT2D eigenvalue weighted by molar-refractivity contribution is -0.274. The predicted molar refractivity (Wildman–Crippen MR) is 180 cm³/mol. The number of nitrogen functional groups attached to an aromatic ring is 1. The standard InChI is InChI=1S/C34H30Cl2F3N7O6/c1-31(14-17-5-7-21(8-6-17)52-34(37,38)39)29(51)45(20-12-18(35)11-19(36)13-20)30-44(16-22(26(47)48)46(30)31)24-15-33(24,27(41)49)28(50)43-32(9-10-32)23-3-2-4-25(40)42-23/h2-8,11-13,16,24,30H,9-10,14-15H2,1H3,(H2,40,42)(H2,41,49)(H,43,50)(H,47,48)/t24?,30?,31-,33?/m1/s1. The van der Waals surface area contributed by atoms with Crippen molar-refractivity contribution in [3.8, 4) is 5.75 Å². The van der Waals surface area contributed by atoms with E-state index < -0.39 is 64.6 Å². The zero-order valence-corrected chi connectivity index (χ0v) is 28.7. The number of alkyl halides is 3. The van der Waals surface area contributed by atoms with Crippen molar-refractivity contribution in [3.05, 3.63) is 93.9 Å². The lowest BCUT2D eigenvalue weighted by Gasteiger charge is -2.37. The number of nitrogens with zero attached hydrogens (tertiary/aromatic N) is 4. The number of primary amides is 1. The summed E-state index contributed by atoms with van der Waals surface area (Å²) in [5, 5.41) is 13.8. The summed E-state index contributed by atoms with van der Waals surface area (Å²) in [6, 6.07) is 13.2. The maximum atomic E-state index is 14.7. The Bertz CT molecular complexity index is 2040. The average Bonchev–Trinajstić information content (AvgIpc) is 3.94. The molecule has 3 unspecified atom stereocenters. The van der Waals surface area contributed by atoms with E-state index in [2.05, 4.69) is 15.0 Å². The van der Waals surface area contributed by atoms with E-state index >= 15 is 0 Å². The number of carbonyl (C=O) groups is 4. The zero-order valence-electron chi connectivity index (χ0n) is 27.2. The molecule has 1 saturated heterocycles. The van der Waals surface area contributed by atoms with Gasteiger partial charge in [-0.15, -0.1) is 13.2 Å². The number of rotatable bonds is 10. The van der Waals surface area contributed by atoms with Crippen LogP contribution in [0.25, 0.3) is 0 Å². The summed E-state index contributed by atoms with van der Waals surface area (Å²) in [5.74, 6) is -3.94. The molecule has 7 rings (SSSR count). The van der Waals surface area contributed by atoms with Crippen LogP contribution in [-0.4, -0.2) is 67.8 Å². The molecule has 4 atom stereocenters. The predicted octanol–water partition coefficient (Wildman–Crippen LogP) is 4.09. The van der Waals surface area contributed by atoms with E-state index in [4.69, 9.17) is 34.7 Å². The number of carbonyl (C=O) groups excluding carboxylic acids is 3. The molecule has 0 radical (unpaired) electrons. The molecule has 2 aromatic carbocycles. The number of benzene rings is 2. The van der Waals surface area contributed by atoms with E-state index in [9.17, 15) is 37.5 Å². The number of aromatic nitrogens is 1. The number of ether oxygens (including phenoxy) is 1. The molecule has 2 aliphatic heterocycles. The second-order valence-electron chi connectivity index (χ2n) is 13.5. The highest BCUT2D eigenvalue weighted by Gasteiger charge is 2.73. The van der Waals surface area contributed by atoms with Gasteiger partial charge >= 0.3 is 12.3 Å². The maximum Gasteiger partial charge on any atom is 0.573 e. The Hall–Kier alpha value is -5.22. The van der Waals surface area contributed by atoms with Gasteiger partial charge in [0.1, 0.15) is 28.2 Å². The minimum atomic E-state index is -4.92. The van der Waals surface area contributed by atoms with Crippen LogP contribution in [0.1, 0.15) is 37.4 Å². The van der Waals surface area contributed by atoms with E-state index in [1.54, 1.807) is 18.2 Å². The second kappa shape index (κ2) is 11.9. The molecule has 2 aliphatic carbocycles. The number of nitrogens with two attached hydrogens (primary N) is 2. The third-order valence-electron chi connectivity index (χ3n) is 10.0. The van der Waals surface area contributed by atoms with Crippen LogP contribution >= 0.6 is 23.2 Å². The first kappa shape index (κ1) is 35.2. The van der Waals surface area contributed by atoms with Gasteiger partial charge in [-0.2, -0.15) is 0 Å². The number of fused-ring (bicyclic) bond motifs is 1. The molecule has 3 aromatic rings. The number of carboxylic acid groups (broad SMARTS) is 1. The van der Waals surface area contributed by atoms with Gasteiger partial charge in [-0.05, 0) is 74.2 Å². The number of aliphatic carboxylic acids is 1. The number of hydrogen-bond donors (Lipinski definition) is 4. The Morgan fingerprint density at radius 2 is 1.73 bits per heavy atom. The van der Waals surface area contributed by atoms with Crippen molar-refractivity contribution in [2.75, 3.05) is 10.6 Å². The molecule has 2 saturated carbocycles. The highest BCUT2D eigenvalue weighted by Crippen LogP contribution is 2.57. The lowest BCUT2D eigenvalue weighted by Crippen LogP contribution is -2.53. The number of nitrogens with one attached hydrogen (secondary N) is 1. The van der Waals surface area contributed by atoms with Gasteiger partial charge in [0.2, 0.25) is 11.8 Å². The molecule has 6 N–H and O–H groups in total. The summed E-state index contributed by atoms with van der Waals surface area (Å²) in [6.45, 7) is 1.49. The van der Waals surface area contributed by atoms with Crippen LogP contribution < -0.4 is 26.4 Å². The van der Waals surface area contributed by atoms with Crippen LogP contribution in [0, 0.1) is 5.41 Å². The molecule has 13 nitrogen and oxygen atoms in total. The molecule has 1 aromatic heterocycles. The van der Waals surface area contributed by atoms with E-state index in [1.807, 2.05) is 0 Å². The number of anilines is 2. The topological polar surface area (TPSA) is 184 Å². The zero-order chi connectivity index (χ0) is 37.5. The summed E-state index contributed by atoms with van der Waals surface area (Å²) < 4.78 is 42.4. The van der Waals surface area contributed by atoms with E-state index in [0.717, 1.165) is 12.1 Å². The average molecular weight is 761 g/mol. The van der Waals surface area contributed by atoms with Gasteiger partial charge in [0.15, 0.2) is 6.29 Å². The van der Waals surface area contributed by atoms with Crippen LogP contribution in [-0.2, 0) is 31.1 Å². The van der Waals surface area contributed by atoms with Crippen molar-refractivity contribution in [1.29, 1.82) is 0 Å². The number of halogens is 5. The first-order chi connectivity index (χ1) is 24.4. The van der Waals surface area contributed by atoms with Gasteiger partial charge < -0.3 is 36.4 Å². The van der Waals surface area contributed by atoms with Gasteiger partial charge in [-0.3, -0.25) is 19.3 Å². The lowest BCUT2D eigenvalue weighted by atomic mass is 9.90. The Balaban J connectivity index is 1.27. The summed E-state index contributed by atoms with van der Waals surface area (Å²) >= 11 is 12.7. The summed E-state index contributed by atoms with van der Waals surface area (Å²) in [6.07, 6.45) is -4.18. The third kappa shape index (κ3) is 5.79. The number of hydrogen-bond acceptors (Lipinski definition) is 9. The normalized spacial score (nSPS) is 25.8. The van der Waals surface area contributed by atoms with Crippen molar-refractivity contribution in [1.82, 2.24) is 20.1 Å². The Labute approximate surface area is 303 Å². The highest BCUT2D eigenvalue weighted by molar-refractivity contribution is 6.35. The smallest absolute Gasteiger partial charge is 0.477 e. The Kier molecular flexibility index (Phi) is 8.06. The summed E-state index contributed by atoms with van der Waals surface area (Å²) in [5.41, 5.74) is 8.14. The molecular formula is C34H30Cl2F3N7O6. The fourth-order valence-corrected chi connectivity index (χ4v) is 7.83. The van der Waals surface area contributed by atoms with E-state index in [1.165, 1.54) is 58.2 Å². The van der Waals surface area contributed by atoms with Crippen LogP contribution in [0.4, 0.5) is 24.7 Å². The molecular weight excluding hydrogens is 730 g/mol. The van der Waals surface area contributed by atoms with Crippen molar-refractivity contribution >= 4 is 58.4 Å². The molecule has 3 amide bonds. The largest absolute Gasteiger partial charge is 0.573 e. The molecule has 3 heterocycles. The first-order valence-corrected chi connectivity index (χ1v) is 16.7. The maximum absolute atomic E-state index is 14.7. The van der Waals surface area contributed by atoms with E-state index in [0.29, 0.717) is 24.1 Å². The molecule has 4 aliphatic rings. The summed E-state index contributed by atoms with van der Waals surface area (Å²) in [4.78, 5) is 63.3. The van der Waals surface area contributed by atoms with Gasteiger partial charge in [0.05, 0.1) is 23.0 Å². The quantitative estimate of drug-likeness (QED) is 0.220. The second-order valence-corrected chi connectivity index (χ2v) is 14.3. The minimum absolute atomic E-state index is 0.113. The van der Waals surface area contributed by atoms with Crippen LogP contribution in [0.3, 0.4) is 0 Å². The minimum Gasteiger partial charge on any atom is -0.477 e. The number of pyridine rings is 1. The number of carboxylic acids is 1. The van der Waals surface area contributed by atoms with Gasteiger partial charge in [-0.1, -0.05) is 41.4 Å². The fourth-order valence-electron chi connectivity index (χ4n) is 7.31. The van der Waals surface area contributed by atoms with E-state index in [-0.39, 0.29) is 40.1 Å². The Morgan fingerprint density at radius 1 is 1.08 bits per heavy atom. The Morgan fingerprint density at radius 3 is 2.29 bits per heavy atom.